The zero-order chi connectivity index (χ0) is 25.2. The molecule has 1 saturated heterocycles. The number of pyridine rings is 2. The molecule has 5 rings (SSSR count). The van der Waals surface area contributed by atoms with E-state index in [1.807, 2.05) is 18.3 Å². The Morgan fingerprint density at radius 3 is 2.64 bits per heavy atom. The van der Waals surface area contributed by atoms with E-state index in [4.69, 9.17) is 4.74 Å². The fraction of sp³-hybridized carbons (Fsp3) is 0.385. The number of nitrogens with zero attached hydrogens (tertiary/aromatic N) is 5. The molecule has 0 aromatic carbocycles. The Kier molecular flexibility index (Phi) is 6.38. The van der Waals surface area contributed by atoms with Gasteiger partial charge in [-0.05, 0) is 48.3 Å². The van der Waals surface area contributed by atoms with Crippen LogP contribution in [-0.4, -0.2) is 64.3 Å². The molecular weight excluding hydrogens is 458 g/mol. The number of amides is 2. The molecule has 2 N–H and O–H groups in total. The highest BCUT2D eigenvalue weighted by Gasteiger charge is 2.39. The lowest BCUT2D eigenvalue weighted by molar-refractivity contribution is -0.117. The van der Waals surface area contributed by atoms with Gasteiger partial charge in [-0.1, -0.05) is 18.9 Å². The summed E-state index contributed by atoms with van der Waals surface area (Å²) in [6.07, 6.45) is 4.97. The minimum atomic E-state index is -0.280. The number of nitrogens with one attached hydrogen (secondary N) is 2. The normalized spacial score (nSPS) is 18.6. The number of carbonyl (C=O) groups excluding carboxylic acids is 2. The lowest BCUT2D eigenvalue weighted by Crippen LogP contribution is -2.50. The highest BCUT2D eigenvalue weighted by atomic mass is 16.5. The van der Waals surface area contributed by atoms with Crippen molar-refractivity contribution in [3.8, 4) is 11.8 Å². The van der Waals surface area contributed by atoms with Crippen molar-refractivity contribution in [2.45, 2.75) is 19.8 Å². The second kappa shape index (κ2) is 9.77. The number of anilines is 2. The van der Waals surface area contributed by atoms with E-state index in [0.717, 1.165) is 23.8 Å². The predicted molar refractivity (Wildman–Crippen MR) is 134 cm³/mol. The first-order chi connectivity index (χ1) is 17.4. The number of rotatable bonds is 5. The van der Waals surface area contributed by atoms with E-state index in [9.17, 15) is 9.59 Å². The Morgan fingerprint density at radius 2 is 1.97 bits per heavy atom. The van der Waals surface area contributed by atoms with Gasteiger partial charge in [-0.2, -0.15) is 0 Å². The number of carbonyl (C=O) groups is 2. The van der Waals surface area contributed by atoms with Crippen LogP contribution in [0.1, 0.15) is 30.2 Å². The molecular formula is C26H27N7O3. The lowest BCUT2D eigenvalue weighted by atomic mass is 9.93. The van der Waals surface area contributed by atoms with Gasteiger partial charge in [0, 0.05) is 43.8 Å². The summed E-state index contributed by atoms with van der Waals surface area (Å²) in [5.41, 5.74) is 2.97. The maximum Gasteiger partial charge on any atom is 0.409 e. The molecule has 1 saturated carbocycles. The second-order valence-corrected chi connectivity index (χ2v) is 9.32. The maximum absolute atomic E-state index is 12.4. The molecule has 2 amide bonds. The molecule has 36 heavy (non-hydrogen) atoms. The molecule has 0 spiro atoms. The second-order valence-electron chi connectivity index (χ2n) is 9.32. The number of aromatic nitrogens is 4. The fourth-order valence-corrected chi connectivity index (χ4v) is 4.34. The lowest BCUT2D eigenvalue weighted by Gasteiger charge is -2.38. The van der Waals surface area contributed by atoms with Gasteiger partial charge in [0.15, 0.2) is 11.6 Å². The number of fused-ring (bicyclic) bond motifs is 1. The van der Waals surface area contributed by atoms with Crippen LogP contribution in [0.2, 0.25) is 0 Å². The molecule has 3 aromatic rings. The molecule has 0 bridgehead atoms. The number of likely N-dealkylation sites (tertiary alicyclic amines) is 1. The molecule has 10 nitrogen and oxygen atoms in total. The van der Waals surface area contributed by atoms with Crippen molar-refractivity contribution in [1.29, 1.82) is 0 Å². The van der Waals surface area contributed by atoms with Gasteiger partial charge in [0.1, 0.15) is 11.2 Å². The summed E-state index contributed by atoms with van der Waals surface area (Å²) in [6.45, 7) is 3.45. The van der Waals surface area contributed by atoms with E-state index < -0.39 is 0 Å². The van der Waals surface area contributed by atoms with Crippen molar-refractivity contribution in [2.24, 2.45) is 17.8 Å². The Balaban J connectivity index is 1.31. The molecule has 2 fully saturated rings. The third-order valence-electron chi connectivity index (χ3n) is 6.63. The van der Waals surface area contributed by atoms with Crippen LogP contribution in [-0.2, 0) is 16.0 Å². The van der Waals surface area contributed by atoms with Crippen LogP contribution >= 0.6 is 0 Å². The standard InChI is InChI=1S/C26H27N7O3/c1-15-8-20(15)25(34)30-22-10-21-18(12-29-24(27-2)23(21)32-31-22)5-7-19-6-4-16(11-28-19)9-17-13-33(14-17)26(35)36-3/h4,6,10-12,15,17,20H,8-9,13-14H2,1-3H3,(H,27,29)(H,30,31,34)/t15-,20+/m1/s1. The van der Waals surface area contributed by atoms with Gasteiger partial charge in [0.2, 0.25) is 5.91 Å². The Labute approximate surface area is 208 Å². The minimum Gasteiger partial charge on any atom is -0.453 e. The summed E-state index contributed by atoms with van der Waals surface area (Å²) >= 11 is 0. The highest BCUT2D eigenvalue weighted by molar-refractivity contribution is 5.97. The van der Waals surface area contributed by atoms with Gasteiger partial charge in [0.05, 0.1) is 12.7 Å². The van der Waals surface area contributed by atoms with Gasteiger partial charge in [0.25, 0.3) is 0 Å². The molecule has 2 atom stereocenters. The van der Waals surface area contributed by atoms with Gasteiger partial charge in [-0.25, -0.2) is 14.8 Å². The van der Waals surface area contributed by atoms with Crippen LogP contribution in [0.4, 0.5) is 16.4 Å². The molecule has 3 aromatic heterocycles. The van der Waals surface area contributed by atoms with E-state index in [1.54, 1.807) is 24.2 Å². The fourth-order valence-electron chi connectivity index (χ4n) is 4.34. The average Bonchev–Trinajstić information content (AvgIpc) is 3.61. The van der Waals surface area contributed by atoms with Crippen LogP contribution in [0.5, 0.6) is 0 Å². The molecule has 0 unspecified atom stereocenters. The van der Waals surface area contributed by atoms with E-state index in [2.05, 4.69) is 49.6 Å². The number of ether oxygens (including phenoxy) is 1. The van der Waals surface area contributed by atoms with Crippen molar-refractivity contribution in [1.82, 2.24) is 25.1 Å². The monoisotopic (exact) mass is 485 g/mol. The van der Waals surface area contributed by atoms with Gasteiger partial charge in [-0.3, -0.25) is 4.79 Å². The molecule has 1 aliphatic carbocycles. The zero-order valence-corrected chi connectivity index (χ0v) is 20.4. The Morgan fingerprint density at radius 1 is 1.17 bits per heavy atom. The first kappa shape index (κ1) is 23.5. The van der Waals surface area contributed by atoms with E-state index in [-0.39, 0.29) is 17.9 Å². The molecule has 1 aliphatic heterocycles. The topological polar surface area (TPSA) is 122 Å². The van der Waals surface area contributed by atoms with Gasteiger partial charge < -0.3 is 20.3 Å². The van der Waals surface area contributed by atoms with E-state index in [1.165, 1.54) is 7.11 Å². The zero-order valence-electron chi connectivity index (χ0n) is 20.4. The van der Waals surface area contributed by atoms with Crippen molar-refractivity contribution in [2.75, 3.05) is 37.9 Å². The van der Waals surface area contributed by atoms with Gasteiger partial charge >= 0.3 is 6.09 Å². The minimum absolute atomic E-state index is 0.0316. The van der Waals surface area contributed by atoms with Crippen LogP contribution < -0.4 is 10.6 Å². The van der Waals surface area contributed by atoms with Crippen molar-refractivity contribution >= 4 is 34.5 Å². The smallest absolute Gasteiger partial charge is 0.409 e. The largest absolute Gasteiger partial charge is 0.453 e. The van der Waals surface area contributed by atoms with Crippen LogP contribution in [0, 0.1) is 29.6 Å². The quantitative estimate of drug-likeness (QED) is 0.529. The third-order valence-corrected chi connectivity index (χ3v) is 6.63. The summed E-state index contributed by atoms with van der Waals surface area (Å²) in [6, 6.07) is 5.68. The maximum atomic E-state index is 12.4. The van der Waals surface area contributed by atoms with Crippen LogP contribution in [0.3, 0.4) is 0 Å². The van der Waals surface area contributed by atoms with Crippen LogP contribution in [0.25, 0.3) is 10.9 Å². The number of methoxy groups -OCH3 is 1. The molecule has 184 valence electrons. The molecule has 10 heteroatoms. The predicted octanol–water partition coefficient (Wildman–Crippen LogP) is 2.70. The number of hydrogen-bond acceptors (Lipinski definition) is 8. The highest BCUT2D eigenvalue weighted by Crippen LogP contribution is 2.38. The summed E-state index contributed by atoms with van der Waals surface area (Å²) in [5.74, 6) is 8.04. The van der Waals surface area contributed by atoms with E-state index >= 15 is 0 Å². The summed E-state index contributed by atoms with van der Waals surface area (Å²) in [7, 11) is 3.16. The molecule has 2 aliphatic rings. The summed E-state index contributed by atoms with van der Waals surface area (Å²) < 4.78 is 4.74. The van der Waals surface area contributed by atoms with Crippen molar-refractivity contribution < 1.29 is 14.3 Å². The Hall–Kier alpha value is -4.26. The number of hydrogen-bond donors (Lipinski definition) is 2. The molecule has 0 radical (unpaired) electrons. The first-order valence-electron chi connectivity index (χ1n) is 11.9. The van der Waals surface area contributed by atoms with Crippen LogP contribution in [0.15, 0.2) is 30.6 Å². The molecule has 4 heterocycles. The third kappa shape index (κ3) is 4.91. The Bertz CT molecular complexity index is 1370. The van der Waals surface area contributed by atoms with E-state index in [0.29, 0.717) is 53.3 Å². The summed E-state index contributed by atoms with van der Waals surface area (Å²) in [5, 5.41) is 15.1. The van der Waals surface area contributed by atoms with Gasteiger partial charge in [-0.15, -0.1) is 10.2 Å². The van der Waals surface area contributed by atoms with Crippen molar-refractivity contribution in [3.63, 3.8) is 0 Å². The average molecular weight is 486 g/mol. The van der Waals surface area contributed by atoms with Crippen molar-refractivity contribution in [3.05, 3.63) is 47.4 Å². The summed E-state index contributed by atoms with van der Waals surface area (Å²) in [4.78, 5) is 34.4. The SMILES string of the molecule is CNc1ncc(C#Cc2ccc(CC3CN(C(=O)OC)C3)cn2)c2cc(NC(=O)[C@H]3C[C@H]3C)nnc12. The first-order valence-corrected chi connectivity index (χ1v) is 11.9.